The number of carbonyl (C=O) groups is 1. The number of amides is 1. The number of pyridine rings is 1. The van der Waals surface area contributed by atoms with Crippen LogP contribution in [0.2, 0.25) is 0 Å². The van der Waals surface area contributed by atoms with Crippen molar-refractivity contribution in [1.29, 1.82) is 0 Å². The Hall–Kier alpha value is -4.56. The summed E-state index contributed by atoms with van der Waals surface area (Å²) in [4.78, 5) is 23.6. The third-order valence-electron chi connectivity index (χ3n) is 5.85. The monoisotopic (exact) mass is 503 g/mol. The lowest BCUT2D eigenvalue weighted by Gasteiger charge is -2.17. The average molecular weight is 504 g/mol. The van der Waals surface area contributed by atoms with Crippen molar-refractivity contribution in [1.82, 2.24) is 19.7 Å². The molecule has 188 valence electrons. The van der Waals surface area contributed by atoms with Crippen LogP contribution in [0.4, 0.5) is 20.3 Å². The van der Waals surface area contributed by atoms with E-state index in [-0.39, 0.29) is 23.8 Å². The fraction of sp³-hybridized carbons (Fsp3) is 0.231. The van der Waals surface area contributed by atoms with Crippen molar-refractivity contribution in [2.45, 2.75) is 25.3 Å². The number of benzene rings is 1. The molecule has 0 unspecified atom stereocenters. The van der Waals surface area contributed by atoms with Crippen LogP contribution in [0, 0.1) is 11.8 Å². The van der Waals surface area contributed by atoms with Crippen LogP contribution in [0.3, 0.4) is 0 Å². The molecule has 9 nitrogen and oxygen atoms in total. The summed E-state index contributed by atoms with van der Waals surface area (Å²) in [6.07, 6.45) is 3.49. The molecule has 1 aliphatic carbocycles. The minimum absolute atomic E-state index is 0.0558. The second-order valence-electron chi connectivity index (χ2n) is 8.46. The quantitative estimate of drug-likeness (QED) is 0.366. The lowest BCUT2D eigenvalue weighted by atomic mass is 10.2. The first-order chi connectivity index (χ1) is 17.9. The molecule has 3 heterocycles. The highest BCUT2D eigenvalue weighted by Crippen LogP contribution is 2.31. The SMILES string of the molecule is CN(c1cc(-c2nc(C(=O)Nc3cn(-c4ccc(C#CCN)cc4)nc3C(F)F)co2)ccn1)C1CC1. The first-order valence-corrected chi connectivity index (χ1v) is 11.6. The third-order valence-corrected chi connectivity index (χ3v) is 5.85. The fourth-order valence-corrected chi connectivity index (χ4v) is 3.72. The van der Waals surface area contributed by atoms with Gasteiger partial charge in [-0.05, 0) is 49.2 Å². The minimum atomic E-state index is -2.90. The molecule has 1 aliphatic rings. The summed E-state index contributed by atoms with van der Waals surface area (Å²) < 4.78 is 34.2. The first-order valence-electron chi connectivity index (χ1n) is 11.6. The molecular weight excluding hydrogens is 480 g/mol. The number of nitrogens with one attached hydrogen (secondary N) is 1. The Bertz CT molecular complexity index is 1480. The Morgan fingerprint density at radius 3 is 2.78 bits per heavy atom. The van der Waals surface area contributed by atoms with Crippen molar-refractivity contribution < 1.29 is 18.0 Å². The van der Waals surface area contributed by atoms with E-state index in [0.29, 0.717) is 17.3 Å². The van der Waals surface area contributed by atoms with Gasteiger partial charge in [-0.25, -0.2) is 23.4 Å². The van der Waals surface area contributed by atoms with E-state index in [0.717, 1.165) is 24.2 Å². The molecule has 3 N–H and O–H groups in total. The number of hydrogen-bond acceptors (Lipinski definition) is 7. The summed E-state index contributed by atoms with van der Waals surface area (Å²) in [5.41, 5.74) is 6.53. The third kappa shape index (κ3) is 5.34. The average Bonchev–Trinajstić information content (AvgIpc) is 3.48. The number of oxazole rings is 1. The maximum absolute atomic E-state index is 13.7. The molecule has 0 bridgehead atoms. The van der Waals surface area contributed by atoms with Crippen LogP contribution in [0.1, 0.15) is 41.0 Å². The molecule has 4 aromatic rings. The van der Waals surface area contributed by atoms with Crippen LogP contribution in [-0.4, -0.2) is 45.3 Å². The second kappa shape index (κ2) is 10.2. The molecule has 0 saturated heterocycles. The molecule has 11 heteroatoms. The highest BCUT2D eigenvalue weighted by atomic mass is 19.3. The Morgan fingerprint density at radius 1 is 1.30 bits per heavy atom. The number of anilines is 2. The van der Waals surface area contributed by atoms with Gasteiger partial charge in [-0.15, -0.1) is 0 Å². The number of rotatable bonds is 7. The smallest absolute Gasteiger partial charge is 0.284 e. The number of halogens is 2. The van der Waals surface area contributed by atoms with E-state index < -0.39 is 18.0 Å². The molecule has 1 saturated carbocycles. The van der Waals surface area contributed by atoms with Crippen LogP contribution in [0.5, 0.6) is 0 Å². The number of nitrogens with zero attached hydrogens (tertiary/aromatic N) is 5. The summed E-state index contributed by atoms with van der Waals surface area (Å²) in [5, 5.41) is 6.43. The highest BCUT2D eigenvalue weighted by molar-refractivity contribution is 6.03. The second-order valence-corrected chi connectivity index (χ2v) is 8.46. The Kier molecular flexibility index (Phi) is 6.66. The summed E-state index contributed by atoms with van der Waals surface area (Å²) in [5.74, 6) is 5.93. The maximum Gasteiger partial charge on any atom is 0.284 e. The molecule has 1 aromatic carbocycles. The van der Waals surface area contributed by atoms with Crippen LogP contribution in [0.25, 0.3) is 17.1 Å². The number of carbonyl (C=O) groups excluding carboxylic acids is 1. The molecule has 0 spiro atoms. The largest absolute Gasteiger partial charge is 0.444 e. The van der Waals surface area contributed by atoms with Crippen molar-refractivity contribution in [3.05, 3.63) is 72.0 Å². The van der Waals surface area contributed by atoms with E-state index in [2.05, 4.69) is 37.1 Å². The minimum Gasteiger partial charge on any atom is -0.444 e. The Morgan fingerprint density at radius 2 is 2.08 bits per heavy atom. The Labute approximate surface area is 211 Å². The fourth-order valence-electron chi connectivity index (χ4n) is 3.72. The number of aromatic nitrogens is 4. The van der Waals surface area contributed by atoms with E-state index in [1.54, 1.807) is 36.5 Å². The van der Waals surface area contributed by atoms with Crippen molar-refractivity contribution >= 4 is 17.4 Å². The van der Waals surface area contributed by atoms with Gasteiger partial charge in [0.2, 0.25) is 5.89 Å². The molecule has 37 heavy (non-hydrogen) atoms. The number of alkyl halides is 2. The van der Waals surface area contributed by atoms with Crippen LogP contribution >= 0.6 is 0 Å². The van der Waals surface area contributed by atoms with E-state index in [1.165, 1.54) is 17.1 Å². The number of nitrogens with two attached hydrogens (primary N) is 1. The molecule has 0 atom stereocenters. The molecule has 0 aliphatic heterocycles. The van der Waals surface area contributed by atoms with Crippen LogP contribution in [0.15, 0.2) is 59.5 Å². The van der Waals surface area contributed by atoms with Crippen molar-refractivity contribution in [2.75, 3.05) is 23.8 Å². The molecular formula is C26H23F2N7O2. The molecule has 1 amide bonds. The molecule has 5 rings (SSSR count). The van der Waals surface area contributed by atoms with Gasteiger partial charge in [0.25, 0.3) is 12.3 Å². The van der Waals surface area contributed by atoms with Gasteiger partial charge in [-0.3, -0.25) is 4.79 Å². The normalized spacial score (nSPS) is 12.8. The lowest BCUT2D eigenvalue weighted by molar-refractivity contribution is 0.102. The van der Waals surface area contributed by atoms with Crippen molar-refractivity contribution in [3.8, 4) is 29.0 Å². The van der Waals surface area contributed by atoms with E-state index in [9.17, 15) is 13.6 Å². The zero-order valence-electron chi connectivity index (χ0n) is 19.9. The van der Waals surface area contributed by atoms with Crippen molar-refractivity contribution in [3.63, 3.8) is 0 Å². The summed E-state index contributed by atoms with van der Waals surface area (Å²) in [7, 11) is 1.98. The zero-order valence-corrected chi connectivity index (χ0v) is 19.9. The number of hydrogen-bond donors (Lipinski definition) is 2. The van der Waals surface area contributed by atoms with E-state index in [4.69, 9.17) is 10.2 Å². The first kappa shape index (κ1) is 24.1. The predicted molar refractivity (Wildman–Crippen MR) is 134 cm³/mol. The van der Waals surface area contributed by atoms with E-state index in [1.807, 2.05) is 13.1 Å². The predicted octanol–water partition coefficient (Wildman–Crippen LogP) is 4.02. The van der Waals surface area contributed by atoms with Gasteiger partial charge in [0.1, 0.15) is 12.1 Å². The summed E-state index contributed by atoms with van der Waals surface area (Å²) >= 11 is 0. The zero-order chi connectivity index (χ0) is 25.9. The maximum atomic E-state index is 13.7. The molecule has 0 radical (unpaired) electrons. The van der Waals surface area contributed by atoms with E-state index >= 15 is 0 Å². The van der Waals surface area contributed by atoms with Gasteiger partial charge in [-0.1, -0.05) is 11.8 Å². The summed E-state index contributed by atoms with van der Waals surface area (Å²) in [6, 6.07) is 10.8. The topological polar surface area (TPSA) is 115 Å². The van der Waals surface area contributed by atoms with Crippen LogP contribution < -0.4 is 16.0 Å². The van der Waals surface area contributed by atoms with Crippen molar-refractivity contribution in [2.24, 2.45) is 5.73 Å². The van der Waals surface area contributed by atoms with Gasteiger partial charge in [0.15, 0.2) is 11.4 Å². The van der Waals surface area contributed by atoms with Gasteiger partial charge >= 0.3 is 0 Å². The molecule has 3 aromatic heterocycles. The van der Waals surface area contributed by atoms with Gasteiger partial charge < -0.3 is 20.4 Å². The lowest BCUT2D eigenvalue weighted by Crippen LogP contribution is -2.20. The van der Waals surface area contributed by atoms with Gasteiger partial charge in [0.05, 0.1) is 24.1 Å². The standard InChI is InChI=1S/C26H23F2N7O2/c1-34(18-8-9-18)22-13-17(10-12-30-22)26-32-21(15-37-26)25(36)31-20-14-35(33-23(20)24(27)28)19-6-4-16(5-7-19)3-2-11-29/h4-7,10,12-15,18,24H,8-9,11,29H2,1H3,(H,31,36). The molecule has 1 fully saturated rings. The van der Waals surface area contributed by atoms with Crippen LogP contribution in [-0.2, 0) is 0 Å². The van der Waals surface area contributed by atoms with Gasteiger partial charge in [-0.2, -0.15) is 5.10 Å². The Balaban J connectivity index is 1.34. The highest BCUT2D eigenvalue weighted by Gasteiger charge is 2.27. The summed E-state index contributed by atoms with van der Waals surface area (Å²) in [6.45, 7) is 0.232. The van der Waals surface area contributed by atoms with Gasteiger partial charge in [0, 0.05) is 30.4 Å².